The third-order valence-corrected chi connectivity index (χ3v) is 5.58. The molecule has 10 heteroatoms. The third-order valence-electron chi connectivity index (χ3n) is 4.83. The highest BCUT2D eigenvalue weighted by molar-refractivity contribution is 7.14. The van der Waals surface area contributed by atoms with Crippen molar-refractivity contribution in [2.24, 2.45) is 0 Å². The summed E-state index contributed by atoms with van der Waals surface area (Å²) in [5.41, 5.74) is 6.21. The predicted octanol–water partition coefficient (Wildman–Crippen LogP) is 3.57. The number of thiazole rings is 1. The minimum absolute atomic E-state index is 0.365. The van der Waals surface area contributed by atoms with Gasteiger partial charge in [0, 0.05) is 35.4 Å². The molecule has 0 spiro atoms. The summed E-state index contributed by atoms with van der Waals surface area (Å²) in [6, 6.07) is 10.6. The monoisotopic (exact) mass is 452 g/mol. The molecule has 1 aromatic carbocycles. The van der Waals surface area contributed by atoms with Gasteiger partial charge >= 0.3 is 0 Å². The molecule has 0 aliphatic carbocycles. The van der Waals surface area contributed by atoms with Gasteiger partial charge in [-0.1, -0.05) is 0 Å². The first-order chi connectivity index (χ1) is 15.4. The van der Waals surface area contributed by atoms with Gasteiger partial charge in [-0.25, -0.2) is 15.4 Å². The zero-order chi connectivity index (χ0) is 22.7. The van der Waals surface area contributed by atoms with Crippen LogP contribution in [0.1, 0.15) is 16.1 Å². The fourth-order valence-corrected chi connectivity index (χ4v) is 3.94. The Morgan fingerprint density at radius 1 is 1.22 bits per heavy atom. The van der Waals surface area contributed by atoms with E-state index in [1.54, 1.807) is 29.7 Å². The Hall–Kier alpha value is -3.47. The number of nitrogens with zero attached hydrogens (tertiary/aromatic N) is 4. The van der Waals surface area contributed by atoms with Crippen LogP contribution in [0.2, 0.25) is 0 Å². The van der Waals surface area contributed by atoms with Crippen LogP contribution in [0, 0.1) is 6.92 Å². The standard InChI is InChI=1S/C22H24N6O3S/c1-14-20(28-9-8-17(12-19(28)23-14)31-11-10-27(2)3)18-13-32-22(25-18)24-16-6-4-15(5-7-16)21(29)26-30/h4-9,12-13,30H,10-11H2,1-3H3,(H,24,25)(H,26,29). The van der Waals surface area contributed by atoms with Crippen molar-refractivity contribution in [3.05, 3.63) is 59.2 Å². The molecule has 0 fully saturated rings. The zero-order valence-electron chi connectivity index (χ0n) is 18.0. The van der Waals surface area contributed by atoms with Crippen molar-refractivity contribution >= 4 is 33.7 Å². The van der Waals surface area contributed by atoms with Gasteiger partial charge < -0.3 is 15.0 Å². The summed E-state index contributed by atoms with van der Waals surface area (Å²) in [6.45, 7) is 3.42. The number of hydrogen-bond acceptors (Lipinski definition) is 8. The van der Waals surface area contributed by atoms with Crippen molar-refractivity contribution in [3.8, 4) is 17.1 Å². The zero-order valence-corrected chi connectivity index (χ0v) is 18.8. The van der Waals surface area contributed by atoms with Gasteiger partial charge in [0.25, 0.3) is 5.91 Å². The number of likely N-dealkylation sites (N-methyl/N-ethyl adjacent to an activating group) is 1. The molecule has 0 radical (unpaired) electrons. The number of ether oxygens (including phenoxy) is 1. The van der Waals surface area contributed by atoms with Gasteiger partial charge in [-0.2, -0.15) is 0 Å². The lowest BCUT2D eigenvalue weighted by atomic mass is 10.2. The molecular weight excluding hydrogens is 428 g/mol. The number of nitrogens with one attached hydrogen (secondary N) is 2. The van der Waals surface area contributed by atoms with E-state index >= 15 is 0 Å². The minimum atomic E-state index is -0.553. The molecule has 0 atom stereocenters. The molecule has 3 aromatic heterocycles. The molecule has 0 aliphatic rings. The lowest BCUT2D eigenvalue weighted by Crippen LogP contribution is -2.19. The van der Waals surface area contributed by atoms with E-state index in [1.807, 2.05) is 49.1 Å². The number of carbonyl (C=O) groups is 1. The summed E-state index contributed by atoms with van der Waals surface area (Å²) in [7, 11) is 4.02. The van der Waals surface area contributed by atoms with Gasteiger partial charge in [0.2, 0.25) is 0 Å². The minimum Gasteiger partial charge on any atom is -0.492 e. The van der Waals surface area contributed by atoms with Crippen LogP contribution in [0.5, 0.6) is 5.75 Å². The van der Waals surface area contributed by atoms with Gasteiger partial charge in [0.05, 0.1) is 11.4 Å². The van der Waals surface area contributed by atoms with Crippen LogP contribution in [0.3, 0.4) is 0 Å². The van der Waals surface area contributed by atoms with Crippen LogP contribution >= 0.6 is 11.3 Å². The summed E-state index contributed by atoms with van der Waals surface area (Å²) in [5, 5.41) is 14.7. The Bertz CT molecular complexity index is 1230. The second kappa shape index (κ2) is 9.35. The number of imidazole rings is 1. The number of aryl methyl sites for hydroxylation is 1. The van der Waals surface area contributed by atoms with Crippen LogP contribution in [0.15, 0.2) is 48.0 Å². The van der Waals surface area contributed by atoms with Crippen molar-refractivity contribution < 1.29 is 14.7 Å². The summed E-state index contributed by atoms with van der Waals surface area (Å²) in [4.78, 5) is 22.9. The Labute approximate surface area is 189 Å². The third kappa shape index (κ3) is 4.72. The highest BCUT2D eigenvalue weighted by Gasteiger charge is 2.15. The molecule has 32 heavy (non-hydrogen) atoms. The maximum atomic E-state index is 11.4. The molecule has 0 saturated carbocycles. The number of carbonyl (C=O) groups excluding carboxylic acids is 1. The fraction of sp³-hybridized carbons (Fsp3) is 0.227. The van der Waals surface area contributed by atoms with Crippen molar-refractivity contribution in [1.82, 2.24) is 24.7 Å². The number of amides is 1. The molecule has 3 N–H and O–H groups in total. The van der Waals surface area contributed by atoms with E-state index in [0.29, 0.717) is 12.2 Å². The lowest BCUT2D eigenvalue weighted by molar-refractivity contribution is 0.0706. The summed E-state index contributed by atoms with van der Waals surface area (Å²) in [5.74, 6) is 0.234. The highest BCUT2D eigenvalue weighted by atomic mass is 32.1. The van der Waals surface area contributed by atoms with Crippen LogP contribution in [-0.2, 0) is 0 Å². The number of hydrogen-bond donors (Lipinski definition) is 3. The maximum Gasteiger partial charge on any atom is 0.274 e. The van der Waals surface area contributed by atoms with E-state index < -0.39 is 5.91 Å². The highest BCUT2D eigenvalue weighted by Crippen LogP contribution is 2.30. The molecule has 1 amide bonds. The number of pyridine rings is 1. The molecule has 3 heterocycles. The van der Waals surface area contributed by atoms with E-state index in [0.717, 1.165) is 45.8 Å². The Kier molecular flexibility index (Phi) is 6.35. The maximum absolute atomic E-state index is 11.4. The fourth-order valence-electron chi connectivity index (χ4n) is 3.22. The van der Waals surface area contributed by atoms with E-state index in [2.05, 4.69) is 15.2 Å². The number of benzene rings is 1. The topological polar surface area (TPSA) is 104 Å². The molecule has 9 nitrogen and oxygen atoms in total. The molecular formula is C22H24N6O3S. The smallest absolute Gasteiger partial charge is 0.274 e. The van der Waals surface area contributed by atoms with Gasteiger partial charge in [-0.15, -0.1) is 11.3 Å². The van der Waals surface area contributed by atoms with Crippen molar-refractivity contribution in [3.63, 3.8) is 0 Å². The Morgan fingerprint density at radius 2 is 2.00 bits per heavy atom. The molecule has 4 rings (SSSR count). The quantitative estimate of drug-likeness (QED) is 0.277. The van der Waals surface area contributed by atoms with Crippen molar-refractivity contribution in [2.45, 2.75) is 6.92 Å². The SMILES string of the molecule is Cc1nc2cc(OCCN(C)C)ccn2c1-c1csc(Nc2ccc(C(=O)NO)cc2)n1. The van der Waals surface area contributed by atoms with Gasteiger partial charge in [-0.05, 0) is 51.4 Å². The normalized spacial score (nSPS) is 11.2. The molecule has 166 valence electrons. The molecule has 0 aliphatic heterocycles. The second-order valence-corrected chi connectivity index (χ2v) is 8.33. The summed E-state index contributed by atoms with van der Waals surface area (Å²) in [6.07, 6.45) is 1.95. The number of fused-ring (bicyclic) bond motifs is 1. The lowest BCUT2D eigenvalue weighted by Gasteiger charge is -2.11. The molecule has 0 saturated heterocycles. The summed E-state index contributed by atoms with van der Waals surface area (Å²) >= 11 is 1.48. The number of rotatable bonds is 8. The largest absolute Gasteiger partial charge is 0.492 e. The molecule has 4 aromatic rings. The van der Waals surface area contributed by atoms with Crippen LogP contribution in [0.4, 0.5) is 10.8 Å². The van der Waals surface area contributed by atoms with Crippen molar-refractivity contribution in [2.75, 3.05) is 32.6 Å². The first-order valence-electron chi connectivity index (χ1n) is 9.98. The first kappa shape index (κ1) is 21.8. The summed E-state index contributed by atoms with van der Waals surface area (Å²) < 4.78 is 7.83. The van der Waals surface area contributed by atoms with E-state index in [9.17, 15) is 4.79 Å². The van der Waals surface area contributed by atoms with Crippen LogP contribution in [-0.4, -0.2) is 57.6 Å². The Morgan fingerprint density at radius 3 is 2.72 bits per heavy atom. The number of aromatic nitrogens is 3. The average Bonchev–Trinajstić information content (AvgIpc) is 3.36. The van der Waals surface area contributed by atoms with Crippen LogP contribution in [0.25, 0.3) is 17.0 Å². The van der Waals surface area contributed by atoms with Gasteiger partial charge in [0.1, 0.15) is 23.7 Å². The van der Waals surface area contributed by atoms with E-state index in [1.165, 1.54) is 11.3 Å². The number of anilines is 2. The number of hydroxylamine groups is 1. The van der Waals surface area contributed by atoms with Gasteiger partial charge in [-0.3, -0.25) is 14.4 Å². The molecule has 0 bridgehead atoms. The predicted molar refractivity (Wildman–Crippen MR) is 124 cm³/mol. The Balaban J connectivity index is 1.52. The average molecular weight is 453 g/mol. The van der Waals surface area contributed by atoms with Crippen LogP contribution < -0.4 is 15.5 Å². The van der Waals surface area contributed by atoms with E-state index in [-0.39, 0.29) is 0 Å². The first-order valence-corrected chi connectivity index (χ1v) is 10.9. The van der Waals surface area contributed by atoms with Gasteiger partial charge in [0.15, 0.2) is 5.13 Å². The van der Waals surface area contributed by atoms with Crippen molar-refractivity contribution in [1.29, 1.82) is 0 Å². The molecule has 0 unspecified atom stereocenters. The second-order valence-electron chi connectivity index (χ2n) is 7.47. The van der Waals surface area contributed by atoms with E-state index in [4.69, 9.17) is 14.9 Å².